The van der Waals surface area contributed by atoms with E-state index in [9.17, 15) is 0 Å². The van der Waals surface area contributed by atoms with Crippen LogP contribution in [0.25, 0.3) is 5.82 Å². The van der Waals surface area contributed by atoms with Gasteiger partial charge in [0.2, 0.25) is 0 Å². The number of aryl methyl sites for hydroxylation is 2. The Balaban J connectivity index is 2.12. The summed E-state index contributed by atoms with van der Waals surface area (Å²) in [5, 5.41) is 4.30. The van der Waals surface area contributed by atoms with Crippen LogP contribution in [-0.4, -0.2) is 14.8 Å². The van der Waals surface area contributed by atoms with E-state index in [-0.39, 0.29) is 0 Å². The van der Waals surface area contributed by atoms with Gasteiger partial charge in [0.05, 0.1) is 10.7 Å². The second-order valence-electron chi connectivity index (χ2n) is 4.59. The third-order valence-electron chi connectivity index (χ3n) is 3.34. The zero-order valence-corrected chi connectivity index (χ0v) is 11.7. The molecule has 18 heavy (non-hydrogen) atoms. The zero-order chi connectivity index (χ0) is 12.5. The van der Waals surface area contributed by atoms with Crippen molar-refractivity contribution in [3.8, 4) is 5.82 Å². The Morgan fingerprint density at radius 3 is 2.89 bits per heavy atom. The average Bonchev–Trinajstić information content (AvgIpc) is 2.83. The molecule has 5 heteroatoms. The third-order valence-corrected chi connectivity index (χ3v) is 3.75. The first-order valence-corrected chi connectivity index (χ1v) is 6.99. The van der Waals surface area contributed by atoms with Gasteiger partial charge in [0.15, 0.2) is 5.82 Å². The minimum Gasteiger partial charge on any atom is -0.326 e. The number of fused-ring (bicyclic) bond motifs is 1. The largest absolute Gasteiger partial charge is 0.326 e. The van der Waals surface area contributed by atoms with Gasteiger partial charge >= 0.3 is 0 Å². The monoisotopic (exact) mass is 306 g/mol. The van der Waals surface area contributed by atoms with Crippen molar-refractivity contribution >= 4 is 15.9 Å². The molecular formula is C13H15BrN4. The predicted octanol–water partition coefficient (Wildman–Crippen LogP) is 2.37. The first-order chi connectivity index (χ1) is 8.78. The van der Waals surface area contributed by atoms with Gasteiger partial charge in [0, 0.05) is 24.0 Å². The molecule has 4 nitrogen and oxygen atoms in total. The van der Waals surface area contributed by atoms with Crippen LogP contribution in [0.5, 0.6) is 0 Å². The average molecular weight is 307 g/mol. The van der Waals surface area contributed by atoms with E-state index in [2.05, 4.69) is 27.1 Å². The van der Waals surface area contributed by atoms with Gasteiger partial charge in [-0.1, -0.05) is 0 Å². The van der Waals surface area contributed by atoms with Crippen molar-refractivity contribution in [2.75, 3.05) is 0 Å². The van der Waals surface area contributed by atoms with E-state index in [1.165, 1.54) is 24.1 Å². The van der Waals surface area contributed by atoms with E-state index < -0.39 is 0 Å². The smallest absolute Gasteiger partial charge is 0.158 e. The van der Waals surface area contributed by atoms with Crippen molar-refractivity contribution in [1.29, 1.82) is 0 Å². The Kier molecular flexibility index (Phi) is 3.18. The topological polar surface area (TPSA) is 56.7 Å². The Hall–Kier alpha value is -1.20. The van der Waals surface area contributed by atoms with Crippen LogP contribution in [0.1, 0.15) is 29.7 Å². The summed E-state index contributed by atoms with van der Waals surface area (Å²) >= 11 is 3.41. The van der Waals surface area contributed by atoms with Crippen molar-refractivity contribution < 1.29 is 0 Å². The molecule has 0 saturated carbocycles. The summed E-state index contributed by atoms with van der Waals surface area (Å²) in [6.07, 6.45) is 8.35. The summed E-state index contributed by atoms with van der Waals surface area (Å²) in [5.74, 6) is 0.865. The number of pyridine rings is 1. The molecule has 0 spiro atoms. The fraction of sp³-hybridized carbons (Fsp3) is 0.385. The number of aromatic nitrogens is 3. The van der Waals surface area contributed by atoms with Gasteiger partial charge in [0.25, 0.3) is 0 Å². The van der Waals surface area contributed by atoms with Gasteiger partial charge in [-0.3, -0.25) is 0 Å². The second kappa shape index (κ2) is 4.82. The van der Waals surface area contributed by atoms with Crippen LogP contribution in [0.4, 0.5) is 0 Å². The van der Waals surface area contributed by atoms with Crippen LogP contribution in [-0.2, 0) is 19.4 Å². The molecule has 0 unspecified atom stereocenters. The van der Waals surface area contributed by atoms with E-state index in [1.807, 2.05) is 6.20 Å². The number of halogens is 1. The van der Waals surface area contributed by atoms with Crippen LogP contribution < -0.4 is 5.73 Å². The Morgan fingerprint density at radius 1 is 1.33 bits per heavy atom. The molecule has 0 radical (unpaired) electrons. The molecule has 94 valence electrons. The Labute approximate surface area is 114 Å². The van der Waals surface area contributed by atoms with Crippen molar-refractivity contribution in [3.05, 3.63) is 39.8 Å². The summed E-state index contributed by atoms with van der Waals surface area (Å²) in [6.45, 7) is 0.493. The van der Waals surface area contributed by atoms with Crippen molar-refractivity contribution in [2.45, 2.75) is 32.2 Å². The molecule has 0 fully saturated rings. The normalized spacial score (nSPS) is 14.6. The second-order valence-corrected chi connectivity index (χ2v) is 5.51. The van der Waals surface area contributed by atoms with Gasteiger partial charge in [-0.25, -0.2) is 9.67 Å². The van der Waals surface area contributed by atoms with Crippen molar-refractivity contribution in [2.24, 2.45) is 5.73 Å². The lowest BCUT2D eigenvalue weighted by Crippen LogP contribution is -2.13. The molecule has 2 N–H and O–H groups in total. The maximum atomic E-state index is 5.84. The lowest BCUT2D eigenvalue weighted by Gasteiger charge is -2.18. The fourth-order valence-corrected chi connectivity index (χ4v) is 2.72. The Morgan fingerprint density at radius 2 is 2.17 bits per heavy atom. The molecule has 0 bridgehead atoms. The highest BCUT2D eigenvalue weighted by molar-refractivity contribution is 9.10. The predicted molar refractivity (Wildman–Crippen MR) is 73.6 cm³/mol. The summed E-state index contributed by atoms with van der Waals surface area (Å²) in [7, 11) is 0. The molecule has 0 atom stereocenters. The van der Waals surface area contributed by atoms with Crippen LogP contribution >= 0.6 is 15.9 Å². The van der Waals surface area contributed by atoms with Gasteiger partial charge in [-0.05, 0) is 53.2 Å². The highest BCUT2D eigenvalue weighted by Gasteiger charge is 2.15. The van der Waals surface area contributed by atoms with E-state index in [0.29, 0.717) is 6.54 Å². The zero-order valence-electron chi connectivity index (χ0n) is 10.1. The molecule has 3 rings (SSSR count). The number of hydrogen-bond acceptors (Lipinski definition) is 3. The molecule has 0 aromatic carbocycles. The number of nitrogens with two attached hydrogens (primary N) is 1. The van der Waals surface area contributed by atoms with Crippen LogP contribution in [0, 0.1) is 0 Å². The summed E-state index contributed by atoms with van der Waals surface area (Å²) in [6, 6.07) is 2.20. The molecular weight excluding hydrogens is 292 g/mol. The maximum Gasteiger partial charge on any atom is 0.158 e. The van der Waals surface area contributed by atoms with E-state index in [0.717, 1.165) is 28.7 Å². The van der Waals surface area contributed by atoms with Crippen LogP contribution in [0.2, 0.25) is 0 Å². The van der Waals surface area contributed by atoms with Gasteiger partial charge in [0.1, 0.15) is 0 Å². The minimum atomic E-state index is 0.493. The quantitative estimate of drug-likeness (QED) is 0.926. The van der Waals surface area contributed by atoms with Gasteiger partial charge in [-0.15, -0.1) is 0 Å². The number of hydrogen-bond donors (Lipinski definition) is 1. The number of nitrogens with zero attached hydrogens (tertiary/aromatic N) is 3. The molecule has 2 aromatic rings. The summed E-state index contributed by atoms with van der Waals surface area (Å²) in [4.78, 5) is 4.77. The maximum absolute atomic E-state index is 5.84. The molecule has 2 aromatic heterocycles. The highest BCUT2D eigenvalue weighted by atomic mass is 79.9. The molecule has 1 aliphatic rings. The van der Waals surface area contributed by atoms with Gasteiger partial charge in [-0.2, -0.15) is 5.10 Å². The first-order valence-electron chi connectivity index (χ1n) is 6.20. The highest BCUT2D eigenvalue weighted by Crippen LogP contribution is 2.24. The van der Waals surface area contributed by atoms with Crippen molar-refractivity contribution in [1.82, 2.24) is 14.8 Å². The van der Waals surface area contributed by atoms with E-state index in [1.54, 1.807) is 10.9 Å². The first kappa shape index (κ1) is 11.9. The molecule has 2 heterocycles. The van der Waals surface area contributed by atoms with Gasteiger partial charge < -0.3 is 5.73 Å². The lowest BCUT2D eigenvalue weighted by atomic mass is 9.95. The lowest BCUT2D eigenvalue weighted by molar-refractivity contribution is 0.658. The Bertz CT molecular complexity index is 576. The molecule has 0 saturated heterocycles. The fourth-order valence-electron chi connectivity index (χ4n) is 2.44. The molecule has 0 amide bonds. The van der Waals surface area contributed by atoms with Crippen LogP contribution in [0.3, 0.4) is 0 Å². The van der Waals surface area contributed by atoms with Crippen LogP contribution in [0.15, 0.2) is 22.9 Å². The standard InChI is InChI=1S/C13H15BrN4/c14-11-7-16-18(8-11)13-10(6-15)5-9-3-1-2-4-12(9)17-13/h5,7-8H,1-4,6,15H2. The van der Waals surface area contributed by atoms with E-state index >= 15 is 0 Å². The molecule has 1 aliphatic carbocycles. The van der Waals surface area contributed by atoms with Crippen molar-refractivity contribution in [3.63, 3.8) is 0 Å². The summed E-state index contributed by atoms with van der Waals surface area (Å²) < 4.78 is 2.74. The molecule has 0 aliphatic heterocycles. The summed E-state index contributed by atoms with van der Waals surface area (Å²) in [5.41, 5.74) is 9.46. The number of rotatable bonds is 2. The van der Waals surface area contributed by atoms with E-state index in [4.69, 9.17) is 10.7 Å². The minimum absolute atomic E-state index is 0.493. The third kappa shape index (κ3) is 2.08. The SMILES string of the molecule is NCc1cc2c(nc1-n1cc(Br)cn1)CCCC2.